The van der Waals surface area contributed by atoms with Crippen LogP contribution in [0.1, 0.15) is 0 Å². The molecule has 3 aromatic rings. The molecule has 2 aromatic heterocycles. The van der Waals surface area contributed by atoms with E-state index in [0.29, 0.717) is 11.3 Å². The maximum Gasteiger partial charge on any atom is 0.180 e. The summed E-state index contributed by atoms with van der Waals surface area (Å²) < 4.78 is 1.74. The number of imidazole rings is 1. The largest absolute Gasteiger partial charge is 0.508 e. The minimum atomic E-state index is 0.138. The van der Waals surface area contributed by atoms with Crippen molar-refractivity contribution in [2.24, 2.45) is 0 Å². The number of fused-ring (bicyclic) bond motifs is 1. The Labute approximate surface area is 97.4 Å². The Morgan fingerprint density at radius 1 is 1.06 bits per heavy atom. The number of aromatic nitrogens is 2. The van der Waals surface area contributed by atoms with Crippen LogP contribution in [0.25, 0.3) is 16.9 Å². The molecule has 0 fully saturated rings. The van der Waals surface area contributed by atoms with Gasteiger partial charge in [-0.1, -0.05) is 12.1 Å². The minimum absolute atomic E-state index is 0.138. The van der Waals surface area contributed by atoms with E-state index in [1.807, 2.05) is 18.5 Å². The Morgan fingerprint density at radius 2 is 1.94 bits per heavy atom. The van der Waals surface area contributed by atoms with E-state index in [4.69, 9.17) is 0 Å². The van der Waals surface area contributed by atoms with Gasteiger partial charge in [0.1, 0.15) is 5.75 Å². The zero-order valence-electron chi connectivity index (χ0n) is 8.91. The van der Waals surface area contributed by atoms with E-state index < -0.39 is 0 Å². The second kappa shape index (κ2) is 3.52. The Morgan fingerprint density at radius 3 is 2.71 bits per heavy atom. The molecule has 1 aromatic carbocycles. The van der Waals surface area contributed by atoms with Crippen molar-refractivity contribution in [2.75, 3.05) is 0 Å². The molecule has 3 rings (SSSR count). The maximum absolute atomic E-state index is 9.65. The zero-order chi connectivity index (χ0) is 11.8. The summed E-state index contributed by atoms with van der Waals surface area (Å²) in [5.41, 5.74) is 2.03. The first-order valence-corrected chi connectivity index (χ1v) is 5.20. The van der Waals surface area contributed by atoms with Gasteiger partial charge in [0.15, 0.2) is 11.4 Å². The molecule has 0 aliphatic heterocycles. The van der Waals surface area contributed by atoms with Crippen LogP contribution in [0.15, 0.2) is 48.8 Å². The number of phenolic OH excluding ortho intramolecular Hbond substituents is 1. The topological polar surface area (TPSA) is 57.8 Å². The second-order valence-electron chi connectivity index (χ2n) is 3.80. The molecule has 0 spiro atoms. The fourth-order valence-electron chi connectivity index (χ4n) is 1.80. The third-order valence-corrected chi connectivity index (χ3v) is 2.60. The first-order valence-electron chi connectivity index (χ1n) is 5.20. The van der Waals surface area contributed by atoms with E-state index in [1.54, 1.807) is 34.7 Å². The molecule has 0 atom stereocenters. The van der Waals surface area contributed by atoms with E-state index in [-0.39, 0.29) is 11.5 Å². The van der Waals surface area contributed by atoms with Crippen LogP contribution in [0.3, 0.4) is 0 Å². The molecule has 0 aliphatic rings. The Hall–Kier alpha value is -2.49. The van der Waals surface area contributed by atoms with Crippen molar-refractivity contribution in [1.29, 1.82) is 0 Å². The summed E-state index contributed by atoms with van der Waals surface area (Å²) in [6.07, 6.45) is 3.62. The quantitative estimate of drug-likeness (QED) is 0.670. The van der Waals surface area contributed by atoms with Crippen LogP contribution in [-0.4, -0.2) is 19.6 Å². The lowest BCUT2D eigenvalue weighted by atomic mass is 10.1. The number of aromatic hydroxyl groups is 2. The third kappa shape index (κ3) is 1.59. The van der Waals surface area contributed by atoms with Gasteiger partial charge in [0.2, 0.25) is 0 Å². The van der Waals surface area contributed by atoms with Gasteiger partial charge in [-0.05, 0) is 24.3 Å². The SMILES string of the molecule is Oc1cccc(-c2cn3cccc(O)c3n2)c1. The van der Waals surface area contributed by atoms with Crippen molar-refractivity contribution in [3.8, 4) is 22.8 Å². The van der Waals surface area contributed by atoms with E-state index in [9.17, 15) is 10.2 Å². The molecule has 2 heterocycles. The van der Waals surface area contributed by atoms with Crippen LogP contribution in [-0.2, 0) is 0 Å². The molecule has 0 radical (unpaired) electrons. The summed E-state index contributed by atoms with van der Waals surface area (Å²) in [5, 5.41) is 19.1. The lowest BCUT2D eigenvalue weighted by Crippen LogP contribution is -1.80. The molecule has 0 bridgehead atoms. The second-order valence-corrected chi connectivity index (χ2v) is 3.80. The summed E-state index contributed by atoms with van der Waals surface area (Å²) in [6.45, 7) is 0. The lowest BCUT2D eigenvalue weighted by molar-refractivity contribution is 0.475. The standard InChI is InChI=1S/C13H10N2O2/c16-10-4-1-3-9(7-10)11-8-15-6-2-5-12(17)13(15)14-11/h1-8,16-17H. The maximum atomic E-state index is 9.65. The van der Waals surface area contributed by atoms with Crippen molar-refractivity contribution in [2.45, 2.75) is 0 Å². The summed E-state index contributed by atoms with van der Waals surface area (Å²) in [4.78, 5) is 4.33. The Balaban J connectivity index is 2.22. The zero-order valence-corrected chi connectivity index (χ0v) is 8.91. The number of hydrogen-bond acceptors (Lipinski definition) is 3. The summed E-state index contributed by atoms with van der Waals surface area (Å²) in [7, 11) is 0. The van der Waals surface area contributed by atoms with Gasteiger partial charge >= 0.3 is 0 Å². The van der Waals surface area contributed by atoms with Crippen molar-refractivity contribution >= 4 is 5.65 Å². The molecule has 0 amide bonds. The molecule has 4 heteroatoms. The van der Waals surface area contributed by atoms with Gasteiger partial charge in [0.05, 0.1) is 5.69 Å². The fraction of sp³-hybridized carbons (Fsp3) is 0. The normalized spacial score (nSPS) is 10.8. The van der Waals surface area contributed by atoms with E-state index >= 15 is 0 Å². The van der Waals surface area contributed by atoms with Gasteiger partial charge < -0.3 is 14.6 Å². The predicted octanol–water partition coefficient (Wildman–Crippen LogP) is 2.41. The average Bonchev–Trinajstić information content (AvgIpc) is 2.74. The first kappa shape index (κ1) is 9.72. The van der Waals surface area contributed by atoms with Crippen LogP contribution in [0.4, 0.5) is 0 Å². The molecule has 2 N–H and O–H groups in total. The van der Waals surface area contributed by atoms with Gasteiger partial charge in [-0.15, -0.1) is 0 Å². The molecular formula is C13H10N2O2. The highest BCUT2D eigenvalue weighted by molar-refractivity contribution is 5.66. The van der Waals surface area contributed by atoms with Crippen LogP contribution in [0.5, 0.6) is 11.5 Å². The summed E-state index contributed by atoms with van der Waals surface area (Å²) >= 11 is 0. The van der Waals surface area contributed by atoms with Gasteiger partial charge in [0.25, 0.3) is 0 Å². The number of hydrogen-bond donors (Lipinski definition) is 2. The van der Waals surface area contributed by atoms with Crippen LogP contribution < -0.4 is 0 Å². The number of nitrogens with zero attached hydrogens (tertiary/aromatic N) is 2. The van der Waals surface area contributed by atoms with E-state index in [1.165, 1.54) is 0 Å². The third-order valence-electron chi connectivity index (χ3n) is 2.60. The summed E-state index contributed by atoms with van der Waals surface area (Å²) in [6, 6.07) is 10.2. The Bertz CT molecular complexity index is 689. The molecule has 17 heavy (non-hydrogen) atoms. The van der Waals surface area contributed by atoms with E-state index in [0.717, 1.165) is 5.56 Å². The molecule has 0 saturated heterocycles. The minimum Gasteiger partial charge on any atom is -0.508 e. The number of phenols is 1. The van der Waals surface area contributed by atoms with Gasteiger partial charge in [-0.3, -0.25) is 0 Å². The first-order chi connectivity index (χ1) is 8.24. The highest BCUT2D eigenvalue weighted by Crippen LogP contribution is 2.25. The monoisotopic (exact) mass is 226 g/mol. The van der Waals surface area contributed by atoms with Crippen molar-refractivity contribution in [3.05, 3.63) is 48.8 Å². The van der Waals surface area contributed by atoms with Crippen molar-refractivity contribution in [1.82, 2.24) is 9.38 Å². The molecule has 0 aliphatic carbocycles. The molecule has 84 valence electrons. The molecule has 0 unspecified atom stereocenters. The molecule has 4 nitrogen and oxygen atoms in total. The predicted molar refractivity (Wildman–Crippen MR) is 64.0 cm³/mol. The van der Waals surface area contributed by atoms with Crippen LogP contribution >= 0.6 is 0 Å². The number of pyridine rings is 1. The molecular weight excluding hydrogens is 216 g/mol. The van der Waals surface area contributed by atoms with Gasteiger partial charge in [-0.2, -0.15) is 0 Å². The van der Waals surface area contributed by atoms with Crippen LogP contribution in [0, 0.1) is 0 Å². The number of benzene rings is 1. The van der Waals surface area contributed by atoms with Crippen LogP contribution in [0.2, 0.25) is 0 Å². The van der Waals surface area contributed by atoms with Crippen molar-refractivity contribution in [3.63, 3.8) is 0 Å². The fourth-order valence-corrected chi connectivity index (χ4v) is 1.80. The van der Waals surface area contributed by atoms with Gasteiger partial charge in [0, 0.05) is 18.0 Å². The smallest absolute Gasteiger partial charge is 0.180 e. The lowest BCUT2D eigenvalue weighted by Gasteiger charge is -1.96. The van der Waals surface area contributed by atoms with Gasteiger partial charge in [-0.25, -0.2) is 4.98 Å². The summed E-state index contributed by atoms with van der Waals surface area (Å²) in [5.74, 6) is 0.336. The highest BCUT2D eigenvalue weighted by Gasteiger charge is 2.07. The average molecular weight is 226 g/mol. The molecule has 0 saturated carbocycles. The Kier molecular flexibility index (Phi) is 2.01. The van der Waals surface area contributed by atoms with E-state index in [2.05, 4.69) is 4.98 Å². The highest BCUT2D eigenvalue weighted by atomic mass is 16.3. The number of rotatable bonds is 1. The van der Waals surface area contributed by atoms with Crippen molar-refractivity contribution < 1.29 is 10.2 Å².